The Labute approximate surface area is 113 Å². The predicted octanol–water partition coefficient (Wildman–Crippen LogP) is 3.17. The molecule has 0 unspecified atom stereocenters. The van der Waals surface area contributed by atoms with Gasteiger partial charge in [-0.2, -0.15) is 0 Å². The first kappa shape index (κ1) is 13.0. The van der Waals surface area contributed by atoms with Gasteiger partial charge in [-0.05, 0) is 25.1 Å². The first-order chi connectivity index (χ1) is 8.56. The third kappa shape index (κ3) is 3.05. The molecule has 0 saturated heterocycles. The van der Waals surface area contributed by atoms with Gasteiger partial charge in [0.1, 0.15) is 5.82 Å². The molecule has 0 fully saturated rings. The van der Waals surface area contributed by atoms with E-state index in [2.05, 4.69) is 10.3 Å². The van der Waals surface area contributed by atoms with E-state index in [1.165, 1.54) is 29.5 Å². The fraction of sp³-hybridized carbons (Fsp3) is 0.167. The molecule has 0 aliphatic rings. The summed E-state index contributed by atoms with van der Waals surface area (Å²) in [5, 5.41) is 3.88. The van der Waals surface area contributed by atoms with E-state index in [4.69, 9.17) is 11.6 Å². The van der Waals surface area contributed by atoms with Gasteiger partial charge in [0.15, 0.2) is 0 Å². The standard InChI is InChI=1S/C12H10ClFN2OS/c1-7-15-5-9(18-7)6-16-12(17)10-4-8(13)2-3-11(10)14/h2-5H,6H2,1H3,(H,16,17). The number of amides is 1. The summed E-state index contributed by atoms with van der Waals surface area (Å²) in [5.41, 5.74) is -0.0521. The molecule has 1 N–H and O–H groups in total. The Morgan fingerprint density at radius 2 is 2.33 bits per heavy atom. The Balaban J connectivity index is 2.05. The third-order valence-electron chi connectivity index (χ3n) is 2.27. The molecular weight excluding hydrogens is 275 g/mol. The highest BCUT2D eigenvalue weighted by Crippen LogP contribution is 2.15. The van der Waals surface area contributed by atoms with Crippen molar-refractivity contribution < 1.29 is 9.18 Å². The molecule has 2 aromatic rings. The van der Waals surface area contributed by atoms with Gasteiger partial charge in [0, 0.05) is 16.1 Å². The van der Waals surface area contributed by atoms with Crippen LogP contribution in [-0.2, 0) is 6.54 Å². The van der Waals surface area contributed by atoms with Crippen molar-refractivity contribution in [2.24, 2.45) is 0 Å². The van der Waals surface area contributed by atoms with Crippen molar-refractivity contribution in [1.29, 1.82) is 0 Å². The molecule has 0 atom stereocenters. The molecule has 0 saturated carbocycles. The minimum atomic E-state index is -0.586. The minimum Gasteiger partial charge on any atom is -0.347 e. The highest BCUT2D eigenvalue weighted by atomic mass is 35.5. The molecule has 0 aliphatic carbocycles. The number of thiazole rings is 1. The van der Waals surface area contributed by atoms with Gasteiger partial charge in [0.05, 0.1) is 17.1 Å². The van der Waals surface area contributed by atoms with Crippen LogP contribution in [0.2, 0.25) is 5.02 Å². The lowest BCUT2D eigenvalue weighted by molar-refractivity contribution is 0.0947. The SMILES string of the molecule is Cc1ncc(CNC(=O)c2cc(Cl)ccc2F)s1. The van der Waals surface area contributed by atoms with Crippen LogP contribution in [0.5, 0.6) is 0 Å². The van der Waals surface area contributed by atoms with E-state index in [0.29, 0.717) is 11.6 Å². The Kier molecular flexibility index (Phi) is 3.93. The summed E-state index contributed by atoms with van der Waals surface area (Å²) >= 11 is 7.21. The predicted molar refractivity (Wildman–Crippen MR) is 69.4 cm³/mol. The average molecular weight is 285 g/mol. The van der Waals surface area contributed by atoms with E-state index < -0.39 is 11.7 Å². The van der Waals surface area contributed by atoms with Crippen LogP contribution in [0.25, 0.3) is 0 Å². The summed E-state index contributed by atoms with van der Waals surface area (Å²) in [6.07, 6.45) is 1.69. The second-order valence-corrected chi connectivity index (χ2v) is 5.41. The number of carbonyl (C=O) groups excluding carboxylic acids is 1. The highest BCUT2D eigenvalue weighted by molar-refractivity contribution is 7.11. The van der Waals surface area contributed by atoms with Gasteiger partial charge in [0.2, 0.25) is 0 Å². The van der Waals surface area contributed by atoms with Gasteiger partial charge in [0.25, 0.3) is 5.91 Å². The number of aryl methyl sites for hydroxylation is 1. The summed E-state index contributed by atoms with van der Waals surface area (Å²) in [6.45, 7) is 2.21. The van der Waals surface area contributed by atoms with Crippen molar-refractivity contribution in [3.63, 3.8) is 0 Å². The summed E-state index contributed by atoms with van der Waals surface area (Å²) in [5.74, 6) is -1.07. The number of nitrogens with one attached hydrogen (secondary N) is 1. The summed E-state index contributed by atoms with van der Waals surface area (Å²) in [7, 11) is 0. The zero-order valence-corrected chi connectivity index (χ0v) is 11.1. The number of benzene rings is 1. The molecule has 0 bridgehead atoms. The molecule has 1 heterocycles. The molecule has 6 heteroatoms. The number of rotatable bonds is 3. The second kappa shape index (κ2) is 5.46. The zero-order chi connectivity index (χ0) is 13.1. The Morgan fingerprint density at radius 1 is 1.56 bits per heavy atom. The molecule has 94 valence electrons. The maximum atomic E-state index is 13.4. The van der Waals surface area contributed by atoms with Crippen LogP contribution >= 0.6 is 22.9 Å². The fourth-order valence-corrected chi connectivity index (χ4v) is 2.33. The van der Waals surface area contributed by atoms with E-state index in [1.807, 2.05) is 6.92 Å². The van der Waals surface area contributed by atoms with Crippen LogP contribution < -0.4 is 5.32 Å². The number of hydrogen-bond acceptors (Lipinski definition) is 3. The van der Waals surface area contributed by atoms with Crippen LogP contribution in [0.3, 0.4) is 0 Å². The Hall–Kier alpha value is -1.46. The number of nitrogens with zero attached hydrogens (tertiary/aromatic N) is 1. The Bertz CT molecular complexity index is 585. The molecule has 3 nitrogen and oxygen atoms in total. The number of carbonyl (C=O) groups is 1. The number of aromatic nitrogens is 1. The van der Waals surface area contributed by atoms with Gasteiger partial charge in [-0.3, -0.25) is 4.79 Å². The van der Waals surface area contributed by atoms with Gasteiger partial charge in [-0.25, -0.2) is 9.37 Å². The van der Waals surface area contributed by atoms with Crippen molar-refractivity contribution in [3.8, 4) is 0 Å². The van der Waals surface area contributed by atoms with Crippen LogP contribution in [0.15, 0.2) is 24.4 Å². The number of hydrogen-bond donors (Lipinski definition) is 1. The lowest BCUT2D eigenvalue weighted by Crippen LogP contribution is -2.23. The molecule has 0 aliphatic heterocycles. The average Bonchev–Trinajstić information content (AvgIpc) is 2.75. The second-order valence-electron chi connectivity index (χ2n) is 3.65. The first-order valence-corrected chi connectivity index (χ1v) is 6.40. The summed E-state index contributed by atoms with van der Waals surface area (Å²) in [6, 6.07) is 3.89. The van der Waals surface area contributed by atoms with Gasteiger partial charge in [-0.15, -0.1) is 11.3 Å². The lowest BCUT2D eigenvalue weighted by Gasteiger charge is -2.05. The van der Waals surface area contributed by atoms with Crippen molar-refractivity contribution in [3.05, 3.63) is 50.7 Å². The van der Waals surface area contributed by atoms with E-state index in [0.717, 1.165) is 9.88 Å². The molecular formula is C12H10ClFN2OS. The van der Waals surface area contributed by atoms with Gasteiger partial charge >= 0.3 is 0 Å². The van der Waals surface area contributed by atoms with Gasteiger partial charge in [-0.1, -0.05) is 11.6 Å². The van der Waals surface area contributed by atoms with E-state index >= 15 is 0 Å². The number of halogens is 2. The van der Waals surface area contributed by atoms with Crippen molar-refractivity contribution in [2.75, 3.05) is 0 Å². The Morgan fingerprint density at radius 3 is 3.00 bits per heavy atom. The van der Waals surface area contributed by atoms with Crippen molar-refractivity contribution >= 4 is 28.8 Å². The summed E-state index contributed by atoms with van der Waals surface area (Å²) in [4.78, 5) is 16.8. The smallest absolute Gasteiger partial charge is 0.254 e. The van der Waals surface area contributed by atoms with Crippen molar-refractivity contribution in [2.45, 2.75) is 13.5 Å². The molecule has 0 radical (unpaired) electrons. The first-order valence-electron chi connectivity index (χ1n) is 5.21. The lowest BCUT2D eigenvalue weighted by atomic mass is 10.2. The van der Waals surface area contributed by atoms with E-state index in [1.54, 1.807) is 6.20 Å². The topological polar surface area (TPSA) is 42.0 Å². The summed E-state index contributed by atoms with van der Waals surface area (Å²) < 4.78 is 13.4. The van der Waals surface area contributed by atoms with Crippen LogP contribution in [-0.4, -0.2) is 10.9 Å². The van der Waals surface area contributed by atoms with Crippen LogP contribution in [0, 0.1) is 12.7 Å². The molecule has 1 aromatic carbocycles. The maximum Gasteiger partial charge on any atom is 0.254 e. The monoisotopic (exact) mass is 284 g/mol. The van der Waals surface area contributed by atoms with Crippen molar-refractivity contribution in [1.82, 2.24) is 10.3 Å². The minimum absolute atomic E-state index is 0.0521. The largest absolute Gasteiger partial charge is 0.347 e. The quantitative estimate of drug-likeness (QED) is 0.940. The van der Waals surface area contributed by atoms with Crippen LogP contribution in [0.4, 0.5) is 4.39 Å². The molecule has 1 amide bonds. The molecule has 18 heavy (non-hydrogen) atoms. The molecule has 0 spiro atoms. The van der Waals surface area contributed by atoms with E-state index in [9.17, 15) is 9.18 Å². The maximum absolute atomic E-state index is 13.4. The van der Waals surface area contributed by atoms with Gasteiger partial charge < -0.3 is 5.32 Å². The molecule has 1 aromatic heterocycles. The van der Waals surface area contributed by atoms with E-state index in [-0.39, 0.29) is 5.56 Å². The molecule has 2 rings (SSSR count). The van der Waals surface area contributed by atoms with Crippen LogP contribution in [0.1, 0.15) is 20.2 Å². The highest BCUT2D eigenvalue weighted by Gasteiger charge is 2.12. The third-order valence-corrected chi connectivity index (χ3v) is 3.41. The zero-order valence-electron chi connectivity index (χ0n) is 9.54. The fourth-order valence-electron chi connectivity index (χ4n) is 1.42. The normalized spacial score (nSPS) is 10.4.